The van der Waals surface area contributed by atoms with Crippen molar-refractivity contribution >= 4 is 16.1 Å². The first kappa shape index (κ1) is 18.4. The number of unbranched alkanes of at least 4 members (excludes halogenated alkanes) is 5. The molecule has 1 aliphatic carbocycles. The highest BCUT2D eigenvalue weighted by Gasteiger charge is 2.27. The topological polar surface area (TPSA) is 83.5 Å². The van der Waals surface area contributed by atoms with Gasteiger partial charge >= 0.3 is 5.97 Å². The molecule has 1 aliphatic rings. The summed E-state index contributed by atoms with van der Waals surface area (Å²) in [6.07, 6.45) is 8.54. The Bertz CT molecular complexity index is 396. The quantitative estimate of drug-likeness (QED) is 0.370. The predicted octanol–water partition coefficient (Wildman–Crippen LogP) is 3.14. The summed E-state index contributed by atoms with van der Waals surface area (Å²) < 4.78 is 38.0. The van der Waals surface area contributed by atoms with Crippen molar-refractivity contribution in [2.75, 3.05) is 0 Å². The summed E-state index contributed by atoms with van der Waals surface area (Å²) in [7, 11) is -4.19. The number of carbonyl (C=O) groups excluding carboxylic acids is 1. The molecule has 0 unspecified atom stereocenters. The highest BCUT2D eigenvalue weighted by Crippen LogP contribution is 2.26. The fourth-order valence-corrected chi connectivity index (χ4v) is 3.58. The second-order valence-electron chi connectivity index (χ2n) is 5.90. The lowest BCUT2D eigenvalue weighted by Crippen LogP contribution is -2.31. The van der Waals surface area contributed by atoms with Crippen LogP contribution in [0.4, 0.5) is 0 Å². The first-order valence-electron chi connectivity index (χ1n) is 8.07. The number of hydrogen-bond acceptors (Lipinski definition) is 5. The van der Waals surface area contributed by atoms with Crippen molar-refractivity contribution in [2.45, 2.75) is 88.9 Å². The minimum atomic E-state index is -4.19. The van der Waals surface area contributed by atoms with Gasteiger partial charge in [-0.05, 0) is 32.1 Å². The zero-order chi connectivity index (χ0) is 15.7. The molecule has 0 bridgehead atoms. The van der Waals surface area contributed by atoms with E-state index in [4.69, 9.17) is 4.74 Å². The zero-order valence-corrected chi connectivity index (χ0v) is 13.7. The van der Waals surface area contributed by atoms with E-state index in [1.807, 2.05) is 0 Å². The molecule has 6 heteroatoms. The number of hydrogen-bond donors (Lipinski definition) is 0. The summed E-state index contributed by atoms with van der Waals surface area (Å²) in [6, 6.07) is 0. The first-order valence-corrected chi connectivity index (χ1v) is 9.54. The average Bonchev–Trinajstić information content (AvgIpc) is 2.42. The molecule has 5 nitrogen and oxygen atoms in total. The van der Waals surface area contributed by atoms with Crippen molar-refractivity contribution in [3.05, 3.63) is 0 Å². The van der Waals surface area contributed by atoms with E-state index in [0.717, 1.165) is 19.3 Å². The smallest absolute Gasteiger partial charge is 0.306 e. The van der Waals surface area contributed by atoms with Gasteiger partial charge in [0, 0.05) is 11.7 Å². The molecule has 124 valence electrons. The Morgan fingerprint density at radius 3 is 2.19 bits per heavy atom. The molecule has 1 fully saturated rings. The maximum atomic E-state index is 11.7. The van der Waals surface area contributed by atoms with Crippen LogP contribution < -0.4 is 0 Å². The Morgan fingerprint density at radius 2 is 1.62 bits per heavy atom. The van der Waals surface area contributed by atoms with Crippen LogP contribution in [0.1, 0.15) is 77.6 Å². The van der Waals surface area contributed by atoms with Gasteiger partial charge in [-0.25, -0.2) is 8.42 Å². The lowest BCUT2D eigenvalue weighted by atomic mass is 9.97. The molecule has 0 aromatic heterocycles. The molecular weight excluding hydrogens is 292 g/mol. The second kappa shape index (κ2) is 9.41. The van der Waals surface area contributed by atoms with Crippen molar-refractivity contribution in [2.24, 2.45) is 0 Å². The molecule has 0 atom stereocenters. The second-order valence-corrected chi connectivity index (χ2v) is 7.55. The lowest BCUT2D eigenvalue weighted by molar-refractivity contribution is -0.150. The van der Waals surface area contributed by atoms with Gasteiger partial charge in [-0.2, -0.15) is 0 Å². The van der Waals surface area contributed by atoms with Crippen LogP contribution in [0.2, 0.25) is 0 Å². The molecule has 21 heavy (non-hydrogen) atoms. The van der Waals surface area contributed by atoms with Gasteiger partial charge in [-0.1, -0.05) is 39.0 Å². The summed E-state index contributed by atoms with van der Waals surface area (Å²) in [4.78, 5) is 11.7. The van der Waals surface area contributed by atoms with Crippen LogP contribution in [0, 0.1) is 0 Å². The van der Waals surface area contributed by atoms with Crippen molar-refractivity contribution in [1.29, 1.82) is 0 Å². The summed E-state index contributed by atoms with van der Waals surface area (Å²) in [5.41, 5.74) is 0. The van der Waals surface area contributed by atoms with Crippen LogP contribution in [0.15, 0.2) is 0 Å². The minimum Gasteiger partial charge on any atom is -0.748 e. The van der Waals surface area contributed by atoms with E-state index in [1.165, 1.54) is 19.3 Å². The fraction of sp³-hybridized carbons (Fsp3) is 0.933. The van der Waals surface area contributed by atoms with Crippen LogP contribution >= 0.6 is 0 Å². The van der Waals surface area contributed by atoms with Crippen molar-refractivity contribution in [3.8, 4) is 0 Å². The predicted molar refractivity (Wildman–Crippen MR) is 79.8 cm³/mol. The third kappa shape index (κ3) is 7.81. The van der Waals surface area contributed by atoms with Gasteiger partial charge < -0.3 is 9.29 Å². The van der Waals surface area contributed by atoms with Gasteiger partial charge in [-0.15, -0.1) is 0 Å². The molecule has 0 N–H and O–H groups in total. The number of esters is 1. The highest BCUT2D eigenvalue weighted by molar-refractivity contribution is 7.86. The van der Waals surface area contributed by atoms with E-state index in [9.17, 15) is 17.8 Å². The molecule has 1 saturated carbocycles. The Morgan fingerprint density at radius 1 is 1.05 bits per heavy atom. The van der Waals surface area contributed by atoms with Crippen molar-refractivity contribution in [3.63, 3.8) is 0 Å². The maximum absolute atomic E-state index is 11.7. The fourth-order valence-electron chi connectivity index (χ4n) is 2.73. The number of ether oxygens (including phenoxy) is 1. The number of carbonyl (C=O) groups is 1. The Hall–Kier alpha value is -0.620. The van der Waals surface area contributed by atoms with Crippen LogP contribution in [-0.4, -0.2) is 30.3 Å². The van der Waals surface area contributed by atoms with E-state index >= 15 is 0 Å². The van der Waals surface area contributed by atoms with Crippen LogP contribution in [-0.2, 0) is 19.6 Å². The Balaban J connectivity index is 2.11. The molecular formula is C15H27O5S-. The maximum Gasteiger partial charge on any atom is 0.306 e. The summed E-state index contributed by atoms with van der Waals surface area (Å²) in [6.45, 7) is 2.17. The first-order chi connectivity index (χ1) is 9.93. The van der Waals surface area contributed by atoms with E-state index < -0.39 is 15.4 Å². The van der Waals surface area contributed by atoms with E-state index in [-0.39, 0.29) is 12.1 Å². The third-order valence-electron chi connectivity index (χ3n) is 4.06. The summed E-state index contributed by atoms with van der Waals surface area (Å²) in [5.74, 6) is -0.195. The molecule has 0 aromatic rings. The zero-order valence-electron chi connectivity index (χ0n) is 12.9. The van der Waals surface area contributed by atoms with Gasteiger partial charge in [-0.3, -0.25) is 4.79 Å². The molecule has 0 saturated heterocycles. The lowest BCUT2D eigenvalue weighted by Gasteiger charge is -2.29. The van der Waals surface area contributed by atoms with E-state index in [2.05, 4.69) is 6.92 Å². The van der Waals surface area contributed by atoms with Gasteiger partial charge in [0.15, 0.2) is 0 Å². The van der Waals surface area contributed by atoms with Gasteiger partial charge in [0.05, 0.1) is 10.1 Å². The largest absolute Gasteiger partial charge is 0.748 e. The summed E-state index contributed by atoms with van der Waals surface area (Å²) >= 11 is 0. The van der Waals surface area contributed by atoms with E-state index in [1.54, 1.807) is 0 Å². The Kier molecular flexibility index (Phi) is 8.26. The van der Waals surface area contributed by atoms with Crippen LogP contribution in [0.5, 0.6) is 0 Å². The monoisotopic (exact) mass is 319 g/mol. The SMILES string of the molecule is CCCCCCCCC(=O)OC1CCC(S(=O)(=O)[O-])CC1. The van der Waals surface area contributed by atoms with Gasteiger partial charge in [0.1, 0.15) is 6.10 Å². The molecule has 0 amide bonds. The van der Waals surface area contributed by atoms with Crippen molar-refractivity contribution < 1.29 is 22.5 Å². The molecule has 1 rings (SSSR count). The third-order valence-corrected chi connectivity index (χ3v) is 5.35. The normalized spacial score (nSPS) is 23.0. The standard InChI is InChI=1S/C15H28O5S/c1-2-3-4-5-6-7-8-15(16)20-13-9-11-14(12-10-13)21(17,18)19/h13-14H,2-12H2,1H3,(H,17,18,19)/p-1. The molecule has 0 aromatic carbocycles. The minimum absolute atomic E-state index is 0.195. The summed E-state index contributed by atoms with van der Waals surface area (Å²) in [5, 5.41) is -0.800. The van der Waals surface area contributed by atoms with Crippen molar-refractivity contribution in [1.82, 2.24) is 0 Å². The molecule has 0 spiro atoms. The van der Waals surface area contributed by atoms with E-state index in [0.29, 0.717) is 32.1 Å². The van der Waals surface area contributed by atoms with Crippen LogP contribution in [0.3, 0.4) is 0 Å². The van der Waals surface area contributed by atoms with Gasteiger partial charge in [0.25, 0.3) is 0 Å². The number of rotatable bonds is 9. The van der Waals surface area contributed by atoms with Gasteiger partial charge in [0.2, 0.25) is 0 Å². The highest BCUT2D eigenvalue weighted by atomic mass is 32.2. The molecule has 0 heterocycles. The molecule has 0 aliphatic heterocycles. The van der Waals surface area contributed by atoms with Crippen LogP contribution in [0.25, 0.3) is 0 Å². The Labute approximate surface area is 128 Å². The molecule has 0 radical (unpaired) electrons. The average molecular weight is 319 g/mol.